The number of benzene rings is 3. The molecule has 0 heteroatoms. The van der Waals surface area contributed by atoms with Crippen molar-refractivity contribution in [3.63, 3.8) is 0 Å². The molecule has 126 valence electrons. The Morgan fingerprint density at radius 3 is 2.42 bits per heavy atom. The van der Waals surface area contributed by atoms with Crippen LogP contribution in [-0.4, -0.2) is 0 Å². The van der Waals surface area contributed by atoms with E-state index >= 15 is 0 Å². The van der Waals surface area contributed by atoms with Gasteiger partial charge in [-0.15, -0.1) is 0 Å². The van der Waals surface area contributed by atoms with Crippen molar-refractivity contribution in [2.24, 2.45) is 0 Å². The van der Waals surface area contributed by atoms with Gasteiger partial charge in [-0.2, -0.15) is 0 Å². The quantitative estimate of drug-likeness (QED) is 0.483. The molecule has 1 aliphatic rings. The normalized spacial score (nSPS) is 14.8. The maximum absolute atomic E-state index is 4.02. The largest absolute Gasteiger partial charge is 0.0984 e. The minimum Gasteiger partial charge on any atom is -0.0984 e. The molecular formula is C26H22. The predicted molar refractivity (Wildman–Crippen MR) is 114 cm³/mol. The summed E-state index contributed by atoms with van der Waals surface area (Å²) in [5.74, 6) is 0. The van der Waals surface area contributed by atoms with Gasteiger partial charge in [-0.3, -0.25) is 0 Å². The van der Waals surface area contributed by atoms with E-state index in [1.165, 1.54) is 38.6 Å². The van der Waals surface area contributed by atoms with Crippen LogP contribution in [0, 0.1) is 0 Å². The highest BCUT2D eigenvalue weighted by Crippen LogP contribution is 2.26. The van der Waals surface area contributed by atoms with Crippen LogP contribution >= 0.6 is 0 Å². The Kier molecular flexibility index (Phi) is 4.66. The fraction of sp³-hybridized carbons (Fsp3) is 0.0769. The summed E-state index contributed by atoms with van der Waals surface area (Å²) in [6, 6.07) is 21.9. The molecule has 0 N–H and O–H groups in total. The lowest BCUT2D eigenvalue weighted by Crippen LogP contribution is -1.90. The van der Waals surface area contributed by atoms with Crippen LogP contribution in [-0.2, 0) is 6.42 Å². The Morgan fingerprint density at radius 2 is 1.65 bits per heavy atom. The number of hydrogen-bond acceptors (Lipinski definition) is 0. The van der Waals surface area contributed by atoms with Crippen LogP contribution in [0.25, 0.3) is 22.9 Å². The minimum absolute atomic E-state index is 0.961. The fourth-order valence-corrected chi connectivity index (χ4v) is 3.46. The van der Waals surface area contributed by atoms with Crippen molar-refractivity contribution < 1.29 is 0 Å². The SMILES string of the molecule is C=Cc1cc2cc(Cc3ccccc3)ccc2cc1/C=C1/C=CC=CC1. The lowest BCUT2D eigenvalue weighted by Gasteiger charge is -2.10. The van der Waals surface area contributed by atoms with E-state index in [2.05, 4.69) is 97.6 Å². The number of rotatable bonds is 4. The Hall–Kier alpha value is -3.12. The van der Waals surface area contributed by atoms with Gasteiger partial charge in [-0.05, 0) is 63.6 Å². The van der Waals surface area contributed by atoms with Crippen molar-refractivity contribution in [2.75, 3.05) is 0 Å². The van der Waals surface area contributed by atoms with Gasteiger partial charge in [0.25, 0.3) is 0 Å². The highest BCUT2D eigenvalue weighted by atomic mass is 14.1. The molecule has 0 unspecified atom stereocenters. The summed E-state index contributed by atoms with van der Waals surface area (Å²) in [6.07, 6.45) is 14.7. The molecular weight excluding hydrogens is 312 g/mol. The van der Waals surface area contributed by atoms with Crippen LogP contribution in [0.2, 0.25) is 0 Å². The van der Waals surface area contributed by atoms with Crippen LogP contribution in [0.5, 0.6) is 0 Å². The standard InChI is InChI=1S/C26H22/c1-2-23-18-26-17-22(15-20-9-5-3-6-10-20)13-14-24(26)19-25(23)16-21-11-7-4-8-12-21/h2-11,13-14,16-19H,1,12,15H2/b21-16-. The molecule has 1 aliphatic carbocycles. The van der Waals surface area contributed by atoms with Crippen LogP contribution < -0.4 is 0 Å². The van der Waals surface area contributed by atoms with Gasteiger partial charge in [0.05, 0.1) is 0 Å². The molecule has 3 aromatic rings. The van der Waals surface area contributed by atoms with Gasteiger partial charge >= 0.3 is 0 Å². The molecule has 26 heavy (non-hydrogen) atoms. The van der Waals surface area contributed by atoms with E-state index < -0.39 is 0 Å². The highest BCUT2D eigenvalue weighted by molar-refractivity contribution is 5.89. The molecule has 0 amide bonds. The van der Waals surface area contributed by atoms with E-state index in [0.717, 1.165) is 12.8 Å². The van der Waals surface area contributed by atoms with Gasteiger partial charge in [-0.25, -0.2) is 0 Å². The summed E-state index contributed by atoms with van der Waals surface area (Å²) in [6.45, 7) is 4.02. The van der Waals surface area contributed by atoms with Crippen LogP contribution in [0.1, 0.15) is 28.7 Å². The zero-order valence-electron chi connectivity index (χ0n) is 14.9. The molecule has 0 atom stereocenters. The van der Waals surface area contributed by atoms with Gasteiger partial charge in [-0.1, -0.05) is 91.6 Å². The lowest BCUT2D eigenvalue weighted by molar-refractivity contribution is 1.20. The molecule has 0 saturated carbocycles. The third kappa shape index (κ3) is 3.60. The first kappa shape index (κ1) is 16.4. The van der Waals surface area contributed by atoms with Gasteiger partial charge in [0.1, 0.15) is 0 Å². The smallest absolute Gasteiger partial charge is 0.00256 e. The van der Waals surface area contributed by atoms with Crippen LogP contribution in [0.3, 0.4) is 0 Å². The Labute approximate surface area is 155 Å². The van der Waals surface area contributed by atoms with Gasteiger partial charge in [0, 0.05) is 0 Å². The number of hydrogen-bond donors (Lipinski definition) is 0. The summed E-state index contributed by atoms with van der Waals surface area (Å²) in [5.41, 5.74) is 6.43. The zero-order valence-corrected chi connectivity index (χ0v) is 14.9. The maximum atomic E-state index is 4.02. The van der Waals surface area contributed by atoms with E-state index in [9.17, 15) is 0 Å². The van der Waals surface area contributed by atoms with Crippen molar-refractivity contribution in [2.45, 2.75) is 12.8 Å². The van der Waals surface area contributed by atoms with Crippen LogP contribution in [0.15, 0.2) is 97.1 Å². The zero-order chi connectivity index (χ0) is 17.8. The highest BCUT2D eigenvalue weighted by Gasteiger charge is 2.05. The van der Waals surface area contributed by atoms with Gasteiger partial charge < -0.3 is 0 Å². The van der Waals surface area contributed by atoms with Gasteiger partial charge in [0.15, 0.2) is 0 Å². The molecule has 0 nitrogen and oxygen atoms in total. The van der Waals surface area contributed by atoms with E-state index in [0.29, 0.717) is 0 Å². The van der Waals surface area contributed by atoms with E-state index in [-0.39, 0.29) is 0 Å². The predicted octanol–water partition coefficient (Wildman–Crippen LogP) is 6.97. The number of fused-ring (bicyclic) bond motifs is 1. The van der Waals surface area contributed by atoms with Crippen LogP contribution in [0.4, 0.5) is 0 Å². The topological polar surface area (TPSA) is 0 Å². The van der Waals surface area contributed by atoms with Crippen molar-refractivity contribution in [3.05, 3.63) is 119 Å². The molecule has 0 bridgehead atoms. The van der Waals surface area contributed by atoms with Crippen molar-refractivity contribution in [1.82, 2.24) is 0 Å². The monoisotopic (exact) mass is 334 g/mol. The molecule has 4 rings (SSSR count). The summed E-state index contributed by atoms with van der Waals surface area (Å²) in [4.78, 5) is 0. The average Bonchev–Trinajstić information content (AvgIpc) is 2.69. The Bertz CT molecular complexity index is 1030. The molecule has 0 radical (unpaired) electrons. The van der Waals surface area contributed by atoms with Crippen molar-refractivity contribution in [3.8, 4) is 0 Å². The average molecular weight is 334 g/mol. The molecule has 3 aromatic carbocycles. The third-order valence-corrected chi connectivity index (χ3v) is 4.83. The summed E-state index contributed by atoms with van der Waals surface area (Å²) in [5, 5.41) is 2.55. The van der Waals surface area contributed by atoms with Crippen molar-refractivity contribution in [1.29, 1.82) is 0 Å². The van der Waals surface area contributed by atoms with E-state index in [1.807, 2.05) is 6.08 Å². The molecule has 0 heterocycles. The Morgan fingerprint density at radius 1 is 0.808 bits per heavy atom. The molecule has 0 saturated heterocycles. The number of allylic oxidation sites excluding steroid dienone is 5. The van der Waals surface area contributed by atoms with E-state index in [1.54, 1.807) is 0 Å². The Balaban J connectivity index is 1.71. The summed E-state index contributed by atoms with van der Waals surface area (Å²) < 4.78 is 0. The second-order valence-corrected chi connectivity index (χ2v) is 6.74. The van der Waals surface area contributed by atoms with Crippen molar-refractivity contribution >= 4 is 22.9 Å². The summed E-state index contributed by atoms with van der Waals surface area (Å²) >= 11 is 0. The second kappa shape index (κ2) is 7.41. The second-order valence-electron chi connectivity index (χ2n) is 6.74. The third-order valence-electron chi connectivity index (χ3n) is 4.83. The first-order valence-corrected chi connectivity index (χ1v) is 9.09. The molecule has 0 spiro atoms. The maximum Gasteiger partial charge on any atom is -0.00256 e. The fourth-order valence-electron chi connectivity index (χ4n) is 3.46. The molecule has 0 aromatic heterocycles. The molecule has 0 fully saturated rings. The lowest BCUT2D eigenvalue weighted by atomic mass is 9.95. The first-order chi connectivity index (χ1) is 12.8. The summed E-state index contributed by atoms with van der Waals surface area (Å²) in [7, 11) is 0. The van der Waals surface area contributed by atoms with Gasteiger partial charge in [0.2, 0.25) is 0 Å². The first-order valence-electron chi connectivity index (χ1n) is 9.09. The minimum atomic E-state index is 0.961. The molecule has 0 aliphatic heterocycles. The van der Waals surface area contributed by atoms with E-state index in [4.69, 9.17) is 0 Å².